The first-order chi connectivity index (χ1) is 8.27. The summed E-state index contributed by atoms with van der Waals surface area (Å²) in [6.07, 6.45) is 1.14. The number of hydrogen-bond donors (Lipinski definition) is 2. The van der Waals surface area contributed by atoms with Crippen molar-refractivity contribution < 1.29 is 27.9 Å². The van der Waals surface area contributed by atoms with Gasteiger partial charge in [-0.15, -0.1) is 0 Å². The van der Waals surface area contributed by atoms with Crippen molar-refractivity contribution in [3.63, 3.8) is 0 Å². The van der Waals surface area contributed by atoms with Crippen molar-refractivity contribution in [2.45, 2.75) is 4.90 Å². The maximum atomic E-state index is 11.7. The number of rotatable bonds is 5. The van der Waals surface area contributed by atoms with E-state index in [1.807, 2.05) is 4.72 Å². The number of aromatic nitrogens is 1. The van der Waals surface area contributed by atoms with Crippen LogP contribution in [0.25, 0.3) is 0 Å². The summed E-state index contributed by atoms with van der Waals surface area (Å²) in [6, 6.07) is 1.00. The van der Waals surface area contributed by atoms with Crippen molar-refractivity contribution in [3.8, 4) is 0 Å². The topological polar surface area (TPSA) is 115 Å². The molecule has 2 N–H and O–H groups in total. The first-order valence-electron chi connectivity index (χ1n) is 4.74. The van der Waals surface area contributed by atoms with Crippen LogP contribution in [0.3, 0.4) is 0 Å². The smallest absolute Gasteiger partial charge is 0.352 e. The second-order valence-electron chi connectivity index (χ2n) is 3.38. The van der Waals surface area contributed by atoms with Gasteiger partial charge >= 0.3 is 11.9 Å². The van der Waals surface area contributed by atoms with Gasteiger partial charge in [0.05, 0.1) is 7.11 Å². The summed E-state index contributed by atoms with van der Waals surface area (Å²) in [6.45, 7) is -0.518. The van der Waals surface area contributed by atoms with Gasteiger partial charge in [-0.1, -0.05) is 0 Å². The molecule has 1 aromatic rings. The maximum Gasteiger partial charge on any atom is 0.352 e. The van der Waals surface area contributed by atoms with Crippen molar-refractivity contribution >= 4 is 22.0 Å². The Morgan fingerprint density at radius 1 is 1.50 bits per heavy atom. The lowest BCUT2D eigenvalue weighted by Crippen LogP contribution is -2.30. The molecule has 0 spiro atoms. The zero-order valence-corrected chi connectivity index (χ0v) is 10.5. The molecule has 18 heavy (non-hydrogen) atoms. The molecule has 0 bridgehead atoms. The molecule has 8 nitrogen and oxygen atoms in total. The molecule has 0 saturated carbocycles. The Morgan fingerprint density at radius 3 is 2.56 bits per heavy atom. The summed E-state index contributed by atoms with van der Waals surface area (Å²) in [5.41, 5.74) is -0.173. The van der Waals surface area contributed by atoms with Gasteiger partial charge < -0.3 is 14.4 Å². The number of sulfonamides is 1. The minimum absolute atomic E-state index is 0.173. The molecular weight excluding hydrogens is 264 g/mol. The van der Waals surface area contributed by atoms with Crippen molar-refractivity contribution in [1.82, 2.24) is 9.29 Å². The lowest BCUT2D eigenvalue weighted by molar-refractivity contribution is -0.139. The van der Waals surface area contributed by atoms with Crippen LogP contribution in [0.5, 0.6) is 0 Å². The van der Waals surface area contributed by atoms with E-state index in [0.29, 0.717) is 0 Å². The summed E-state index contributed by atoms with van der Waals surface area (Å²) in [7, 11) is -1.40. The average molecular weight is 276 g/mol. The van der Waals surface area contributed by atoms with Crippen LogP contribution in [0.2, 0.25) is 0 Å². The number of aryl methyl sites for hydroxylation is 1. The fourth-order valence-electron chi connectivity index (χ4n) is 1.20. The van der Waals surface area contributed by atoms with Crippen molar-refractivity contribution in [3.05, 3.63) is 18.0 Å². The third-order valence-electron chi connectivity index (χ3n) is 2.14. The highest BCUT2D eigenvalue weighted by molar-refractivity contribution is 7.89. The highest BCUT2D eigenvalue weighted by Crippen LogP contribution is 2.13. The number of methoxy groups -OCH3 is 1. The Labute approximate surface area is 103 Å². The van der Waals surface area contributed by atoms with Crippen LogP contribution in [-0.2, 0) is 26.6 Å². The molecule has 0 aliphatic carbocycles. The minimum Gasteiger partial charge on any atom is -0.477 e. The molecule has 1 heterocycles. The number of carboxylic acids is 1. The van der Waals surface area contributed by atoms with E-state index >= 15 is 0 Å². The second-order valence-corrected chi connectivity index (χ2v) is 5.14. The Balaban J connectivity index is 2.95. The fourth-order valence-corrected chi connectivity index (χ4v) is 2.24. The van der Waals surface area contributed by atoms with Crippen LogP contribution < -0.4 is 4.72 Å². The third-order valence-corrected chi connectivity index (χ3v) is 3.51. The maximum absolute atomic E-state index is 11.7. The zero-order chi connectivity index (χ0) is 13.9. The number of aromatic carboxylic acids is 1. The quantitative estimate of drug-likeness (QED) is 0.679. The molecule has 100 valence electrons. The van der Waals surface area contributed by atoms with Gasteiger partial charge in [0.2, 0.25) is 10.0 Å². The number of carboxylic acid groups (broad SMARTS) is 1. The van der Waals surface area contributed by atoms with Gasteiger partial charge in [0, 0.05) is 13.2 Å². The normalized spacial score (nSPS) is 11.2. The van der Waals surface area contributed by atoms with Crippen LogP contribution >= 0.6 is 0 Å². The first-order valence-corrected chi connectivity index (χ1v) is 6.22. The van der Waals surface area contributed by atoms with Gasteiger partial charge in [0.25, 0.3) is 0 Å². The molecule has 0 saturated heterocycles. The van der Waals surface area contributed by atoms with Gasteiger partial charge in [0.15, 0.2) is 0 Å². The molecule has 0 atom stereocenters. The summed E-state index contributed by atoms with van der Waals surface area (Å²) in [4.78, 5) is 21.4. The van der Waals surface area contributed by atoms with Crippen molar-refractivity contribution in [2.75, 3.05) is 13.7 Å². The molecule has 0 aliphatic rings. The molecule has 0 fully saturated rings. The van der Waals surface area contributed by atoms with Gasteiger partial charge in [-0.3, -0.25) is 4.79 Å². The fraction of sp³-hybridized carbons (Fsp3) is 0.333. The van der Waals surface area contributed by atoms with Gasteiger partial charge in [-0.2, -0.15) is 4.72 Å². The molecule has 0 radical (unpaired) electrons. The number of nitrogens with one attached hydrogen (secondary N) is 1. The number of carbonyl (C=O) groups is 2. The van der Waals surface area contributed by atoms with Crippen LogP contribution in [0.15, 0.2) is 17.2 Å². The Kier molecular flexibility index (Phi) is 4.09. The minimum atomic E-state index is -3.94. The first kappa shape index (κ1) is 14.2. The molecule has 0 aliphatic heterocycles. The van der Waals surface area contributed by atoms with E-state index in [-0.39, 0.29) is 10.6 Å². The van der Waals surface area contributed by atoms with Crippen molar-refractivity contribution in [2.24, 2.45) is 7.05 Å². The van der Waals surface area contributed by atoms with Crippen LogP contribution in [-0.4, -0.2) is 43.7 Å². The summed E-state index contributed by atoms with van der Waals surface area (Å²) < 4.78 is 30.9. The Bertz CT molecular complexity index is 574. The standard InChI is InChI=1S/C9H12N2O6S/c1-11-5-6(3-7(11)9(13)14)18(15,16)10-4-8(12)17-2/h3,5,10H,4H2,1-2H3,(H,13,14). The average Bonchev–Trinajstić information content (AvgIpc) is 2.69. The van der Waals surface area contributed by atoms with Crippen LogP contribution in [0, 0.1) is 0 Å². The molecule has 0 aromatic carbocycles. The number of esters is 1. The number of carbonyl (C=O) groups excluding carboxylic acids is 1. The molecule has 9 heteroatoms. The van der Waals surface area contributed by atoms with E-state index in [4.69, 9.17) is 5.11 Å². The van der Waals surface area contributed by atoms with Crippen LogP contribution in [0.1, 0.15) is 10.5 Å². The van der Waals surface area contributed by atoms with Gasteiger partial charge in [-0.05, 0) is 6.07 Å². The van der Waals surface area contributed by atoms with E-state index in [9.17, 15) is 18.0 Å². The highest BCUT2D eigenvalue weighted by Gasteiger charge is 2.20. The zero-order valence-electron chi connectivity index (χ0n) is 9.71. The monoisotopic (exact) mass is 276 g/mol. The largest absolute Gasteiger partial charge is 0.477 e. The van der Waals surface area contributed by atoms with Gasteiger partial charge in [0.1, 0.15) is 17.1 Å². The highest BCUT2D eigenvalue weighted by atomic mass is 32.2. The summed E-state index contributed by atoms with van der Waals surface area (Å²) in [5.74, 6) is -1.99. The molecule has 1 rings (SSSR count). The Hall–Kier alpha value is -1.87. The van der Waals surface area contributed by atoms with E-state index in [1.165, 1.54) is 7.05 Å². The van der Waals surface area contributed by atoms with Crippen LogP contribution in [0.4, 0.5) is 0 Å². The number of nitrogens with zero attached hydrogens (tertiary/aromatic N) is 1. The van der Waals surface area contributed by atoms with E-state index in [1.54, 1.807) is 0 Å². The molecular formula is C9H12N2O6S. The van der Waals surface area contributed by atoms with Crippen molar-refractivity contribution in [1.29, 1.82) is 0 Å². The predicted molar refractivity (Wildman–Crippen MR) is 59.6 cm³/mol. The summed E-state index contributed by atoms with van der Waals surface area (Å²) in [5, 5.41) is 8.79. The second kappa shape index (κ2) is 5.19. The molecule has 0 amide bonds. The van der Waals surface area contributed by atoms with Gasteiger partial charge in [-0.25, -0.2) is 13.2 Å². The van der Waals surface area contributed by atoms with E-state index in [2.05, 4.69) is 4.74 Å². The van der Waals surface area contributed by atoms with E-state index < -0.39 is 28.5 Å². The SMILES string of the molecule is COC(=O)CNS(=O)(=O)c1cc(C(=O)O)n(C)c1. The number of ether oxygens (including phenoxy) is 1. The number of hydrogen-bond acceptors (Lipinski definition) is 5. The lowest BCUT2D eigenvalue weighted by atomic mass is 10.4. The third kappa shape index (κ3) is 3.08. The summed E-state index contributed by atoms with van der Waals surface area (Å²) >= 11 is 0. The predicted octanol–water partition coefficient (Wildman–Crippen LogP) is -0.825. The van der Waals surface area contributed by atoms with E-state index in [0.717, 1.165) is 23.9 Å². The Morgan fingerprint density at radius 2 is 2.11 bits per heavy atom. The lowest BCUT2D eigenvalue weighted by Gasteiger charge is -2.02. The molecule has 0 unspecified atom stereocenters. The molecule has 1 aromatic heterocycles.